The number of pyridine rings is 1. The number of aromatic amines is 1. The number of fused-ring (bicyclic) bond motifs is 1. The van der Waals surface area contributed by atoms with Crippen LogP contribution >= 0.6 is 0 Å². The summed E-state index contributed by atoms with van der Waals surface area (Å²) >= 11 is 0. The summed E-state index contributed by atoms with van der Waals surface area (Å²) in [5.41, 5.74) is 0.976. The van der Waals surface area contributed by atoms with Crippen molar-refractivity contribution in [1.29, 1.82) is 0 Å². The SMILES string of the molecule is c1cncc(-c2nc(N3CCCC4CNCC43)n[nH]2)c1. The highest BCUT2D eigenvalue weighted by Crippen LogP contribution is 2.29. The van der Waals surface area contributed by atoms with Crippen LogP contribution in [0.15, 0.2) is 24.5 Å². The second-order valence-corrected chi connectivity index (χ2v) is 5.55. The van der Waals surface area contributed by atoms with Crippen molar-refractivity contribution >= 4 is 5.95 Å². The maximum atomic E-state index is 4.66. The molecule has 6 nitrogen and oxygen atoms in total. The van der Waals surface area contributed by atoms with Crippen molar-refractivity contribution in [3.8, 4) is 11.4 Å². The Labute approximate surface area is 117 Å². The molecule has 2 N–H and O–H groups in total. The van der Waals surface area contributed by atoms with Gasteiger partial charge in [-0.2, -0.15) is 4.98 Å². The highest BCUT2D eigenvalue weighted by atomic mass is 15.4. The second kappa shape index (κ2) is 4.86. The first-order chi connectivity index (χ1) is 9.92. The predicted octanol–water partition coefficient (Wildman–Crippen LogP) is 1.05. The van der Waals surface area contributed by atoms with E-state index in [1.807, 2.05) is 12.1 Å². The van der Waals surface area contributed by atoms with E-state index in [1.54, 1.807) is 12.4 Å². The van der Waals surface area contributed by atoms with Gasteiger partial charge < -0.3 is 10.2 Å². The zero-order chi connectivity index (χ0) is 13.4. The minimum atomic E-state index is 0.543. The molecule has 0 amide bonds. The Morgan fingerprint density at radius 1 is 1.30 bits per heavy atom. The highest BCUT2D eigenvalue weighted by molar-refractivity contribution is 5.54. The summed E-state index contributed by atoms with van der Waals surface area (Å²) in [5.74, 6) is 2.35. The summed E-state index contributed by atoms with van der Waals surface area (Å²) in [5, 5.41) is 10.9. The molecule has 0 spiro atoms. The van der Waals surface area contributed by atoms with Crippen molar-refractivity contribution in [1.82, 2.24) is 25.5 Å². The molecule has 0 bridgehead atoms. The number of nitrogens with zero attached hydrogens (tertiary/aromatic N) is 4. The fourth-order valence-electron chi connectivity index (χ4n) is 3.33. The molecule has 0 saturated carbocycles. The van der Waals surface area contributed by atoms with Crippen molar-refractivity contribution in [3.05, 3.63) is 24.5 Å². The van der Waals surface area contributed by atoms with Gasteiger partial charge in [-0.15, -0.1) is 5.10 Å². The van der Waals surface area contributed by atoms with Crippen molar-refractivity contribution < 1.29 is 0 Å². The molecule has 0 aliphatic carbocycles. The Kier molecular flexibility index (Phi) is 2.88. The molecule has 2 unspecified atom stereocenters. The summed E-state index contributed by atoms with van der Waals surface area (Å²) in [6.07, 6.45) is 6.11. The summed E-state index contributed by atoms with van der Waals surface area (Å²) in [7, 11) is 0. The Morgan fingerprint density at radius 3 is 3.20 bits per heavy atom. The van der Waals surface area contributed by atoms with E-state index in [1.165, 1.54) is 12.8 Å². The molecule has 2 aliphatic heterocycles. The lowest BCUT2D eigenvalue weighted by atomic mass is 9.92. The molecule has 2 aromatic heterocycles. The quantitative estimate of drug-likeness (QED) is 0.854. The normalized spacial score (nSPS) is 25.7. The first-order valence-corrected chi connectivity index (χ1v) is 7.22. The summed E-state index contributed by atoms with van der Waals surface area (Å²) in [6, 6.07) is 4.45. The van der Waals surface area contributed by atoms with Crippen LogP contribution in [0.4, 0.5) is 5.95 Å². The van der Waals surface area contributed by atoms with Gasteiger partial charge in [0, 0.05) is 43.6 Å². The van der Waals surface area contributed by atoms with Crippen molar-refractivity contribution in [3.63, 3.8) is 0 Å². The minimum absolute atomic E-state index is 0.543. The number of hydrogen-bond donors (Lipinski definition) is 2. The number of anilines is 1. The van der Waals surface area contributed by atoms with E-state index in [-0.39, 0.29) is 0 Å². The molecule has 0 radical (unpaired) electrons. The fraction of sp³-hybridized carbons (Fsp3) is 0.500. The maximum Gasteiger partial charge on any atom is 0.245 e. The average Bonchev–Trinajstić information content (AvgIpc) is 3.17. The molecule has 2 fully saturated rings. The first kappa shape index (κ1) is 11.8. The third-order valence-corrected chi connectivity index (χ3v) is 4.34. The van der Waals surface area contributed by atoms with E-state index >= 15 is 0 Å². The maximum absolute atomic E-state index is 4.66. The molecule has 2 aliphatic rings. The summed E-state index contributed by atoms with van der Waals surface area (Å²) in [6.45, 7) is 3.22. The third kappa shape index (κ3) is 1.96. The summed E-state index contributed by atoms with van der Waals surface area (Å²) < 4.78 is 0. The molecule has 4 rings (SSSR count). The summed E-state index contributed by atoms with van der Waals surface area (Å²) in [4.78, 5) is 11.1. The van der Waals surface area contributed by atoms with Gasteiger partial charge >= 0.3 is 0 Å². The van der Waals surface area contributed by atoms with E-state index < -0.39 is 0 Å². The van der Waals surface area contributed by atoms with E-state index in [4.69, 9.17) is 0 Å². The molecule has 6 heteroatoms. The van der Waals surface area contributed by atoms with Crippen molar-refractivity contribution in [2.75, 3.05) is 24.5 Å². The Hall–Kier alpha value is -1.95. The van der Waals surface area contributed by atoms with Crippen LogP contribution in [0.5, 0.6) is 0 Å². The highest BCUT2D eigenvalue weighted by Gasteiger charge is 2.36. The Balaban J connectivity index is 1.61. The first-order valence-electron chi connectivity index (χ1n) is 7.22. The van der Waals surface area contributed by atoms with E-state index in [2.05, 4.69) is 30.4 Å². The number of nitrogens with one attached hydrogen (secondary N) is 2. The lowest BCUT2D eigenvalue weighted by Gasteiger charge is -2.36. The predicted molar refractivity (Wildman–Crippen MR) is 76.3 cm³/mol. The molecule has 2 atom stereocenters. The van der Waals surface area contributed by atoms with Crippen LogP contribution in [0.2, 0.25) is 0 Å². The van der Waals surface area contributed by atoms with Gasteiger partial charge in [-0.05, 0) is 30.9 Å². The monoisotopic (exact) mass is 270 g/mol. The Bertz CT molecular complexity index is 580. The van der Waals surface area contributed by atoms with E-state index in [0.29, 0.717) is 6.04 Å². The van der Waals surface area contributed by atoms with Crippen LogP contribution in [-0.2, 0) is 0 Å². The van der Waals surface area contributed by atoms with Gasteiger partial charge in [0.05, 0.1) is 0 Å². The molecule has 104 valence electrons. The van der Waals surface area contributed by atoms with E-state index in [9.17, 15) is 0 Å². The average molecular weight is 270 g/mol. The zero-order valence-electron chi connectivity index (χ0n) is 11.3. The van der Waals surface area contributed by atoms with Crippen LogP contribution < -0.4 is 10.2 Å². The third-order valence-electron chi connectivity index (χ3n) is 4.34. The lowest BCUT2D eigenvalue weighted by molar-refractivity contribution is 0.381. The van der Waals surface area contributed by atoms with Crippen LogP contribution in [0, 0.1) is 5.92 Å². The molecule has 2 saturated heterocycles. The van der Waals surface area contributed by atoms with Gasteiger partial charge in [0.2, 0.25) is 5.95 Å². The van der Waals surface area contributed by atoms with Gasteiger partial charge in [-0.1, -0.05) is 0 Å². The largest absolute Gasteiger partial charge is 0.335 e. The lowest BCUT2D eigenvalue weighted by Crippen LogP contribution is -2.45. The molecule has 20 heavy (non-hydrogen) atoms. The standard InChI is InChI=1S/C14H18N6/c1-3-11(8-15-5-1)13-17-14(19-18-13)20-6-2-4-10-7-16-9-12(10)20/h1,3,5,8,10,12,16H,2,4,6-7,9H2,(H,17,18,19). The van der Waals surface area contributed by atoms with Gasteiger partial charge in [-0.25, -0.2) is 0 Å². The molecule has 4 heterocycles. The molecule has 0 aromatic carbocycles. The van der Waals surface area contributed by atoms with Gasteiger partial charge in [0.15, 0.2) is 5.82 Å². The molecular formula is C14H18N6. The van der Waals surface area contributed by atoms with Crippen LogP contribution in [0.3, 0.4) is 0 Å². The van der Waals surface area contributed by atoms with Crippen LogP contribution in [-0.4, -0.2) is 45.8 Å². The van der Waals surface area contributed by atoms with Gasteiger partial charge in [0.25, 0.3) is 0 Å². The van der Waals surface area contributed by atoms with Gasteiger partial charge in [-0.3, -0.25) is 10.1 Å². The number of piperidine rings is 1. The molecular weight excluding hydrogens is 252 g/mol. The van der Waals surface area contributed by atoms with E-state index in [0.717, 1.165) is 42.9 Å². The van der Waals surface area contributed by atoms with Crippen molar-refractivity contribution in [2.45, 2.75) is 18.9 Å². The number of hydrogen-bond acceptors (Lipinski definition) is 5. The zero-order valence-corrected chi connectivity index (χ0v) is 11.3. The fourth-order valence-corrected chi connectivity index (χ4v) is 3.33. The number of H-pyrrole nitrogens is 1. The van der Waals surface area contributed by atoms with Gasteiger partial charge in [0.1, 0.15) is 0 Å². The number of rotatable bonds is 2. The second-order valence-electron chi connectivity index (χ2n) is 5.55. The van der Waals surface area contributed by atoms with Crippen molar-refractivity contribution in [2.24, 2.45) is 5.92 Å². The number of aromatic nitrogens is 4. The van der Waals surface area contributed by atoms with Crippen LogP contribution in [0.1, 0.15) is 12.8 Å². The van der Waals surface area contributed by atoms with Crippen LogP contribution in [0.25, 0.3) is 11.4 Å². The topological polar surface area (TPSA) is 69.7 Å². The molecule has 2 aromatic rings. The Morgan fingerprint density at radius 2 is 2.30 bits per heavy atom. The smallest absolute Gasteiger partial charge is 0.245 e. The minimum Gasteiger partial charge on any atom is -0.335 e.